The van der Waals surface area contributed by atoms with Crippen LogP contribution in [0.2, 0.25) is 0 Å². The average Bonchev–Trinajstić information content (AvgIpc) is 2.16. The summed E-state index contributed by atoms with van der Waals surface area (Å²) in [5, 5.41) is 1.80. The van der Waals surface area contributed by atoms with Crippen molar-refractivity contribution in [3.8, 4) is 0 Å². The van der Waals surface area contributed by atoms with Crippen LogP contribution in [0.4, 0.5) is 0 Å². The molecule has 0 spiro atoms. The van der Waals surface area contributed by atoms with Crippen molar-refractivity contribution in [2.24, 2.45) is 0 Å². The highest BCUT2D eigenvalue weighted by atomic mass is 16.2. The summed E-state index contributed by atoms with van der Waals surface area (Å²) in [6.45, 7) is 15.4. The molecule has 86 valence electrons. The Labute approximate surface area is 92.8 Å². The molecule has 0 aliphatic carbocycles. The van der Waals surface area contributed by atoms with Crippen LogP contribution >= 0.6 is 0 Å². The number of nitrogens with one attached hydrogen (secondary N) is 1. The second kappa shape index (κ2) is 6.27. The Hall–Kier alpha value is -1.25. The lowest BCUT2D eigenvalue weighted by Crippen LogP contribution is -2.46. The largest absolute Gasteiger partial charge is 0.283 e. The standard InChI is InChI=1S/C12H22N2O/c1-7-10(5)12(8-2)14(9(3)4)13-11(6)15/h12H,3,5,7-8H2,1-2,4,6H3,(H,13,15). The molecule has 3 heteroatoms. The molecule has 0 aromatic rings. The van der Waals surface area contributed by atoms with Gasteiger partial charge in [0.15, 0.2) is 0 Å². The second-order valence-corrected chi connectivity index (χ2v) is 3.71. The van der Waals surface area contributed by atoms with Gasteiger partial charge in [-0.1, -0.05) is 32.6 Å². The van der Waals surface area contributed by atoms with Crippen LogP contribution in [-0.2, 0) is 4.79 Å². The molecule has 1 N–H and O–H groups in total. The van der Waals surface area contributed by atoms with Crippen LogP contribution in [0.5, 0.6) is 0 Å². The average molecular weight is 210 g/mol. The summed E-state index contributed by atoms with van der Waals surface area (Å²) < 4.78 is 0. The van der Waals surface area contributed by atoms with E-state index in [-0.39, 0.29) is 11.9 Å². The topological polar surface area (TPSA) is 32.3 Å². The van der Waals surface area contributed by atoms with Gasteiger partial charge < -0.3 is 0 Å². The molecule has 1 unspecified atom stereocenters. The fourth-order valence-corrected chi connectivity index (χ4v) is 1.50. The monoisotopic (exact) mass is 210 g/mol. The molecule has 3 nitrogen and oxygen atoms in total. The molecule has 0 bridgehead atoms. The minimum absolute atomic E-state index is 0.0830. The Morgan fingerprint density at radius 2 is 1.87 bits per heavy atom. The van der Waals surface area contributed by atoms with E-state index in [2.05, 4.69) is 32.4 Å². The third-order valence-electron chi connectivity index (χ3n) is 2.31. The summed E-state index contributed by atoms with van der Waals surface area (Å²) in [5.74, 6) is -0.0830. The van der Waals surface area contributed by atoms with E-state index in [1.807, 2.05) is 6.92 Å². The Morgan fingerprint density at radius 3 is 2.13 bits per heavy atom. The summed E-state index contributed by atoms with van der Waals surface area (Å²) in [5.41, 5.74) is 4.71. The first-order chi connectivity index (χ1) is 6.93. The quantitative estimate of drug-likeness (QED) is 0.540. The molecule has 0 radical (unpaired) electrons. The maximum atomic E-state index is 11.1. The molecule has 15 heavy (non-hydrogen) atoms. The van der Waals surface area contributed by atoms with Crippen molar-refractivity contribution in [1.29, 1.82) is 0 Å². The highest BCUT2D eigenvalue weighted by Gasteiger charge is 2.19. The van der Waals surface area contributed by atoms with Crippen LogP contribution in [0, 0.1) is 0 Å². The Balaban J connectivity index is 4.77. The number of hydrogen-bond acceptors (Lipinski definition) is 2. The lowest BCUT2D eigenvalue weighted by Gasteiger charge is -2.34. The van der Waals surface area contributed by atoms with Crippen molar-refractivity contribution >= 4 is 5.91 Å². The molecule has 1 atom stereocenters. The molecule has 0 aliphatic heterocycles. The molecule has 1 amide bonds. The highest BCUT2D eigenvalue weighted by Crippen LogP contribution is 2.17. The molecule has 0 saturated heterocycles. The van der Waals surface area contributed by atoms with Gasteiger partial charge in [0, 0.05) is 12.6 Å². The van der Waals surface area contributed by atoms with Crippen LogP contribution in [0.1, 0.15) is 40.5 Å². The van der Waals surface area contributed by atoms with Gasteiger partial charge in [-0.2, -0.15) is 0 Å². The van der Waals surface area contributed by atoms with Crippen molar-refractivity contribution in [2.75, 3.05) is 0 Å². The first-order valence-corrected chi connectivity index (χ1v) is 5.33. The van der Waals surface area contributed by atoms with Gasteiger partial charge in [0.05, 0.1) is 6.04 Å². The zero-order valence-corrected chi connectivity index (χ0v) is 10.3. The molecule has 0 fully saturated rings. The van der Waals surface area contributed by atoms with E-state index in [4.69, 9.17) is 0 Å². The van der Waals surface area contributed by atoms with Crippen molar-refractivity contribution in [3.05, 3.63) is 24.4 Å². The van der Waals surface area contributed by atoms with E-state index in [1.165, 1.54) is 6.92 Å². The van der Waals surface area contributed by atoms with Gasteiger partial charge in [0.2, 0.25) is 5.91 Å². The first kappa shape index (κ1) is 13.8. The molecule has 0 rings (SSSR count). The molecule has 0 aromatic carbocycles. The lowest BCUT2D eigenvalue weighted by molar-refractivity contribution is -0.123. The highest BCUT2D eigenvalue weighted by molar-refractivity contribution is 5.72. The number of hydrazine groups is 1. The zero-order chi connectivity index (χ0) is 12.0. The summed E-state index contributed by atoms with van der Waals surface area (Å²) in [4.78, 5) is 11.1. The van der Waals surface area contributed by atoms with Crippen molar-refractivity contribution < 1.29 is 4.79 Å². The second-order valence-electron chi connectivity index (χ2n) is 3.71. The lowest BCUT2D eigenvalue weighted by atomic mass is 10.0. The third-order valence-corrected chi connectivity index (χ3v) is 2.31. The van der Waals surface area contributed by atoms with Crippen LogP contribution in [0.15, 0.2) is 24.4 Å². The van der Waals surface area contributed by atoms with Gasteiger partial charge in [0.1, 0.15) is 0 Å². The summed E-state index contributed by atoms with van der Waals surface area (Å²) in [7, 11) is 0. The molecular formula is C12H22N2O. The fourth-order valence-electron chi connectivity index (χ4n) is 1.50. The Bertz CT molecular complexity index is 258. The van der Waals surface area contributed by atoms with Crippen LogP contribution in [-0.4, -0.2) is 17.0 Å². The van der Waals surface area contributed by atoms with Crippen LogP contribution < -0.4 is 5.43 Å². The van der Waals surface area contributed by atoms with E-state index < -0.39 is 0 Å². The van der Waals surface area contributed by atoms with E-state index in [0.717, 1.165) is 24.1 Å². The maximum absolute atomic E-state index is 11.1. The number of amides is 1. The van der Waals surface area contributed by atoms with Crippen molar-refractivity contribution in [1.82, 2.24) is 10.4 Å². The number of allylic oxidation sites excluding steroid dienone is 1. The number of nitrogens with zero attached hydrogens (tertiary/aromatic N) is 1. The van der Waals surface area contributed by atoms with Crippen LogP contribution in [0.25, 0.3) is 0 Å². The van der Waals surface area contributed by atoms with E-state index in [0.29, 0.717) is 0 Å². The normalized spacial score (nSPS) is 11.7. The minimum Gasteiger partial charge on any atom is -0.283 e. The van der Waals surface area contributed by atoms with E-state index in [1.54, 1.807) is 5.01 Å². The predicted octanol–water partition coefficient (Wildman–Crippen LogP) is 2.62. The number of hydrogen-bond donors (Lipinski definition) is 1. The summed E-state index contributed by atoms with van der Waals surface area (Å²) in [6.07, 6.45) is 1.81. The zero-order valence-electron chi connectivity index (χ0n) is 10.3. The molecule has 0 saturated carbocycles. The Morgan fingerprint density at radius 1 is 1.33 bits per heavy atom. The van der Waals surface area contributed by atoms with Gasteiger partial charge in [0.25, 0.3) is 0 Å². The third kappa shape index (κ3) is 4.19. The SMILES string of the molecule is C=C(CC)C(CC)N(NC(C)=O)C(=C)C. The molecule has 0 aliphatic rings. The van der Waals surface area contributed by atoms with Crippen molar-refractivity contribution in [2.45, 2.75) is 46.6 Å². The fraction of sp³-hybridized carbons (Fsp3) is 0.583. The molecule has 0 heterocycles. The van der Waals surface area contributed by atoms with Crippen molar-refractivity contribution in [3.63, 3.8) is 0 Å². The van der Waals surface area contributed by atoms with Gasteiger partial charge in [-0.15, -0.1) is 0 Å². The molecular weight excluding hydrogens is 188 g/mol. The van der Waals surface area contributed by atoms with E-state index in [9.17, 15) is 4.79 Å². The number of rotatable bonds is 6. The van der Waals surface area contributed by atoms with Gasteiger partial charge >= 0.3 is 0 Å². The van der Waals surface area contributed by atoms with Crippen LogP contribution in [0.3, 0.4) is 0 Å². The number of carbonyl (C=O) groups is 1. The minimum atomic E-state index is -0.0830. The van der Waals surface area contributed by atoms with Gasteiger partial charge in [-0.05, 0) is 19.8 Å². The maximum Gasteiger partial charge on any atom is 0.235 e. The van der Waals surface area contributed by atoms with Gasteiger partial charge in [-0.3, -0.25) is 15.2 Å². The Kier molecular flexibility index (Phi) is 5.75. The summed E-state index contributed by atoms with van der Waals surface area (Å²) in [6, 6.07) is 0.136. The first-order valence-electron chi connectivity index (χ1n) is 5.33. The molecule has 0 aromatic heterocycles. The smallest absolute Gasteiger partial charge is 0.235 e. The summed E-state index contributed by atoms with van der Waals surface area (Å²) >= 11 is 0. The van der Waals surface area contributed by atoms with Gasteiger partial charge in [-0.25, -0.2) is 0 Å². The number of carbonyl (C=O) groups excluding carboxylic acids is 1. The predicted molar refractivity (Wildman–Crippen MR) is 64.0 cm³/mol. The van der Waals surface area contributed by atoms with E-state index >= 15 is 0 Å².